The summed E-state index contributed by atoms with van der Waals surface area (Å²) in [6, 6.07) is 8.21. The Kier molecular flexibility index (Phi) is 5.55. The molecule has 36 heavy (non-hydrogen) atoms. The van der Waals surface area contributed by atoms with E-state index in [1.165, 1.54) is 17.5 Å². The van der Waals surface area contributed by atoms with E-state index >= 15 is 0 Å². The van der Waals surface area contributed by atoms with Crippen LogP contribution in [0.5, 0.6) is 0 Å². The molecule has 4 saturated carbocycles. The maximum atomic E-state index is 13.2. The monoisotopic (exact) mass is 552 g/mol. The number of carbonyl (C=O) groups excluding carboxylic acids is 1. The maximum absolute atomic E-state index is 13.2. The smallest absolute Gasteiger partial charge is 0.358 e. The predicted molar refractivity (Wildman–Crippen MR) is 137 cm³/mol. The highest BCUT2D eigenvalue weighted by molar-refractivity contribution is 9.10. The molecule has 9 nitrogen and oxygen atoms in total. The summed E-state index contributed by atoms with van der Waals surface area (Å²) in [7, 11) is 0. The van der Waals surface area contributed by atoms with Crippen molar-refractivity contribution < 1.29 is 9.72 Å². The lowest BCUT2D eigenvalue weighted by Crippen LogP contribution is -2.57. The highest BCUT2D eigenvalue weighted by Gasteiger charge is 2.60. The molecule has 0 spiro atoms. The normalized spacial score (nSPS) is 28.4. The van der Waals surface area contributed by atoms with Crippen LogP contribution in [0, 0.1) is 34.3 Å². The van der Waals surface area contributed by atoms with Gasteiger partial charge in [-0.1, -0.05) is 24.3 Å². The molecular weight excluding hydrogens is 524 g/mol. The van der Waals surface area contributed by atoms with Crippen LogP contribution in [-0.2, 0) is 16.9 Å². The van der Waals surface area contributed by atoms with Gasteiger partial charge in [0.15, 0.2) is 0 Å². The first-order valence-electron chi connectivity index (χ1n) is 12.5. The Morgan fingerprint density at radius 3 is 2.67 bits per heavy atom. The van der Waals surface area contributed by atoms with Gasteiger partial charge >= 0.3 is 5.82 Å². The first-order valence-corrected chi connectivity index (χ1v) is 13.3. The zero-order chi connectivity index (χ0) is 25.1. The first-order chi connectivity index (χ1) is 17.2. The van der Waals surface area contributed by atoms with Gasteiger partial charge in [0.25, 0.3) is 0 Å². The highest BCUT2D eigenvalue weighted by Crippen LogP contribution is 2.65. The van der Waals surface area contributed by atoms with E-state index in [0.717, 1.165) is 32.1 Å². The summed E-state index contributed by atoms with van der Waals surface area (Å²) in [6.45, 7) is 2.74. The lowest BCUT2D eigenvalue weighted by Gasteiger charge is -2.61. The lowest BCUT2D eigenvalue weighted by atomic mass is 9.46. The molecule has 0 radical (unpaired) electrons. The number of aromatic nitrogens is 4. The van der Waals surface area contributed by atoms with Crippen LogP contribution in [0.1, 0.15) is 56.1 Å². The van der Waals surface area contributed by atoms with Crippen LogP contribution in [-0.4, -0.2) is 30.4 Å². The van der Waals surface area contributed by atoms with Crippen molar-refractivity contribution in [3.63, 3.8) is 0 Å². The van der Waals surface area contributed by atoms with Crippen molar-refractivity contribution in [2.24, 2.45) is 17.3 Å². The molecule has 2 unspecified atom stereocenters. The molecule has 188 valence electrons. The third-order valence-corrected chi connectivity index (χ3v) is 9.07. The Bertz CT molecular complexity index is 1330. The predicted octanol–water partition coefficient (Wildman–Crippen LogP) is 5.43. The van der Waals surface area contributed by atoms with Crippen LogP contribution in [0.3, 0.4) is 0 Å². The van der Waals surface area contributed by atoms with E-state index in [-0.39, 0.29) is 22.7 Å². The number of halogens is 1. The third-order valence-electron chi connectivity index (χ3n) is 8.51. The van der Waals surface area contributed by atoms with Crippen molar-refractivity contribution in [1.29, 1.82) is 0 Å². The van der Waals surface area contributed by atoms with Crippen molar-refractivity contribution in [3.8, 4) is 0 Å². The Labute approximate surface area is 217 Å². The molecular formula is C26H29BrN6O3. The standard InChI is InChI=1S/C26H29BrN6O3/c1-17-4-2-3-5-20(17)13-31-14-21(12-28-31)29-23(34)11-25-7-18-6-19(8-25)10-26(9-18,16-25)32-15-22(27)24(30-32)33(35)36/h2-5,12,14-15,18-19H,6-11,13,16H2,1H3,(H,29,34). The molecule has 2 aromatic heterocycles. The Morgan fingerprint density at radius 2 is 1.97 bits per heavy atom. The number of amides is 1. The van der Waals surface area contributed by atoms with Crippen LogP contribution in [0.15, 0.2) is 47.3 Å². The second-order valence-electron chi connectivity index (χ2n) is 11.3. The molecule has 2 heterocycles. The Morgan fingerprint density at radius 1 is 1.22 bits per heavy atom. The van der Waals surface area contributed by atoms with E-state index in [9.17, 15) is 14.9 Å². The molecule has 1 amide bonds. The quantitative estimate of drug-likeness (QED) is 0.310. The largest absolute Gasteiger partial charge is 0.404 e. The summed E-state index contributed by atoms with van der Waals surface area (Å²) >= 11 is 3.32. The second-order valence-corrected chi connectivity index (χ2v) is 12.1. The SMILES string of the molecule is Cc1ccccc1Cn1cc(NC(=O)CC23CC4CC(C2)CC(n2cc(Br)c([N+](=O)[O-])n2)(C4)C3)cn1. The molecule has 4 bridgehead atoms. The van der Waals surface area contributed by atoms with Gasteiger partial charge in [0, 0.05) is 12.6 Å². The van der Waals surface area contributed by atoms with Crippen molar-refractivity contribution >= 4 is 33.3 Å². The zero-order valence-electron chi connectivity index (χ0n) is 20.2. The Hall–Kier alpha value is -3.01. The van der Waals surface area contributed by atoms with E-state index in [0.29, 0.717) is 35.0 Å². The van der Waals surface area contributed by atoms with Gasteiger partial charge in [-0.05, 0) is 94.7 Å². The molecule has 4 fully saturated rings. The average molecular weight is 553 g/mol. The molecule has 0 aliphatic heterocycles. The summed E-state index contributed by atoms with van der Waals surface area (Å²) in [5.74, 6) is 0.923. The number of benzene rings is 1. The number of hydrogen-bond donors (Lipinski definition) is 1. The minimum atomic E-state index is -0.441. The van der Waals surface area contributed by atoms with Crippen LogP contribution in [0.25, 0.3) is 0 Å². The van der Waals surface area contributed by atoms with E-state index in [1.54, 1.807) is 12.4 Å². The minimum absolute atomic E-state index is 0.00941. The fourth-order valence-corrected chi connectivity index (χ4v) is 8.03. The fourth-order valence-electron chi connectivity index (χ4n) is 7.61. The first kappa shape index (κ1) is 23.4. The number of aryl methyl sites for hydroxylation is 1. The van der Waals surface area contributed by atoms with Crippen molar-refractivity contribution in [2.45, 2.75) is 64.0 Å². The van der Waals surface area contributed by atoms with Gasteiger partial charge in [-0.2, -0.15) is 9.78 Å². The molecule has 4 aliphatic rings. The van der Waals surface area contributed by atoms with Gasteiger partial charge in [0.05, 0.1) is 35.3 Å². The number of nitrogens with zero attached hydrogens (tertiary/aromatic N) is 5. The van der Waals surface area contributed by atoms with Gasteiger partial charge in [-0.15, -0.1) is 0 Å². The maximum Gasteiger partial charge on any atom is 0.404 e. The number of anilines is 1. The van der Waals surface area contributed by atoms with Crippen LogP contribution >= 0.6 is 15.9 Å². The van der Waals surface area contributed by atoms with Gasteiger partial charge in [-0.25, -0.2) is 0 Å². The Balaban J connectivity index is 1.17. The number of nitrogens with one attached hydrogen (secondary N) is 1. The van der Waals surface area contributed by atoms with E-state index in [4.69, 9.17) is 0 Å². The van der Waals surface area contributed by atoms with Gasteiger partial charge in [-0.3, -0.25) is 9.48 Å². The van der Waals surface area contributed by atoms with Crippen LogP contribution in [0.2, 0.25) is 0 Å². The minimum Gasteiger partial charge on any atom is -0.358 e. The van der Waals surface area contributed by atoms with Crippen LogP contribution in [0.4, 0.5) is 11.5 Å². The van der Waals surface area contributed by atoms with Crippen LogP contribution < -0.4 is 5.32 Å². The van der Waals surface area contributed by atoms with E-state index in [1.807, 2.05) is 27.7 Å². The van der Waals surface area contributed by atoms with E-state index in [2.05, 4.69) is 50.5 Å². The molecule has 3 aromatic rings. The van der Waals surface area contributed by atoms with Crippen molar-refractivity contribution in [2.75, 3.05) is 5.32 Å². The molecule has 2 atom stereocenters. The van der Waals surface area contributed by atoms with E-state index < -0.39 is 4.92 Å². The summed E-state index contributed by atoms with van der Waals surface area (Å²) in [5, 5.41) is 23.3. The topological polar surface area (TPSA) is 108 Å². The van der Waals surface area contributed by atoms with Gasteiger partial charge in [0.2, 0.25) is 5.91 Å². The van der Waals surface area contributed by atoms with Gasteiger partial charge in [0.1, 0.15) is 4.47 Å². The number of nitro groups is 1. The molecule has 1 aromatic carbocycles. The summed E-state index contributed by atoms with van der Waals surface area (Å²) in [6.07, 6.45) is 11.8. The summed E-state index contributed by atoms with van der Waals surface area (Å²) in [4.78, 5) is 24.2. The molecule has 0 saturated heterocycles. The number of hydrogen-bond acceptors (Lipinski definition) is 5. The third kappa shape index (κ3) is 4.15. The second kappa shape index (κ2) is 8.54. The van der Waals surface area contributed by atoms with Crippen molar-refractivity contribution in [3.05, 3.63) is 68.6 Å². The highest BCUT2D eigenvalue weighted by atomic mass is 79.9. The average Bonchev–Trinajstić information content (AvgIpc) is 3.40. The lowest BCUT2D eigenvalue weighted by molar-refractivity contribution is -0.390. The molecule has 7 rings (SSSR count). The number of rotatable bonds is 7. The van der Waals surface area contributed by atoms with Gasteiger partial charge < -0.3 is 15.4 Å². The zero-order valence-corrected chi connectivity index (χ0v) is 21.8. The molecule has 4 aliphatic carbocycles. The molecule has 10 heteroatoms. The number of carbonyl (C=O) groups is 1. The van der Waals surface area contributed by atoms with Crippen molar-refractivity contribution in [1.82, 2.24) is 19.6 Å². The molecule has 1 N–H and O–H groups in total. The summed E-state index contributed by atoms with van der Waals surface area (Å²) < 4.78 is 4.10. The summed E-state index contributed by atoms with van der Waals surface area (Å²) in [5.41, 5.74) is 2.77. The fraction of sp³-hybridized carbons (Fsp3) is 0.500.